The predicted octanol–water partition coefficient (Wildman–Crippen LogP) is 3.46. The third-order valence-electron chi connectivity index (χ3n) is 4.28. The Hall–Kier alpha value is -3.16. The Morgan fingerprint density at radius 3 is 2.73 bits per heavy atom. The summed E-state index contributed by atoms with van der Waals surface area (Å²) in [5.74, 6) is 2.19. The smallest absolute Gasteiger partial charge is 0.223 e. The molecular formula is C18H20FN7. The number of aryl methyl sites for hydroxylation is 1. The molecule has 2 aromatic heterocycles. The molecule has 2 heterocycles. The molecule has 3 aromatic rings. The van der Waals surface area contributed by atoms with Gasteiger partial charge in [0.05, 0.1) is 0 Å². The third-order valence-corrected chi connectivity index (χ3v) is 4.28. The second kappa shape index (κ2) is 6.62. The van der Waals surface area contributed by atoms with E-state index in [4.69, 9.17) is 5.73 Å². The number of aromatic amines is 1. The van der Waals surface area contributed by atoms with Crippen LogP contribution in [0.15, 0.2) is 30.3 Å². The van der Waals surface area contributed by atoms with Crippen molar-refractivity contribution in [3.63, 3.8) is 0 Å². The average molecular weight is 353 g/mol. The summed E-state index contributed by atoms with van der Waals surface area (Å²) in [6, 6.07) is 8.83. The van der Waals surface area contributed by atoms with Gasteiger partial charge < -0.3 is 16.4 Å². The molecule has 1 aliphatic carbocycles. The zero-order valence-electron chi connectivity index (χ0n) is 14.4. The van der Waals surface area contributed by atoms with E-state index in [1.54, 1.807) is 12.1 Å². The highest BCUT2D eigenvalue weighted by molar-refractivity contribution is 5.58. The topological polar surface area (TPSA) is 105 Å². The lowest BCUT2D eigenvalue weighted by molar-refractivity contribution is 0.611. The molecule has 1 aliphatic rings. The molecule has 1 fully saturated rings. The molecule has 0 spiro atoms. The lowest BCUT2D eigenvalue weighted by Crippen LogP contribution is -2.07. The first kappa shape index (κ1) is 16.3. The first-order valence-electron chi connectivity index (χ1n) is 8.52. The Morgan fingerprint density at radius 1 is 1.15 bits per heavy atom. The standard InChI is InChI=1S/C18H20FN7/c1-10-2-3-12(13(19)6-10)9-21-15-8-16(24-18(20)23-15)22-17-7-14(25-26-17)11-4-5-11/h2-3,6-8,11H,4-5,9H2,1H3,(H5,20,21,22,23,24,25,26). The van der Waals surface area contributed by atoms with Gasteiger partial charge in [0.2, 0.25) is 5.95 Å². The van der Waals surface area contributed by atoms with E-state index in [0.29, 0.717) is 35.5 Å². The van der Waals surface area contributed by atoms with Crippen molar-refractivity contribution in [1.82, 2.24) is 20.2 Å². The maximum atomic E-state index is 14.0. The molecule has 7 nitrogen and oxygen atoms in total. The number of anilines is 4. The Kier molecular flexibility index (Phi) is 4.16. The van der Waals surface area contributed by atoms with E-state index in [1.807, 2.05) is 19.1 Å². The van der Waals surface area contributed by atoms with Crippen LogP contribution in [0.25, 0.3) is 0 Å². The normalized spacial score (nSPS) is 13.6. The molecule has 4 rings (SSSR count). The zero-order chi connectivity index (χ0) is 18.1. The van der Waals surface area contributed by atoms with Gasteiger partial charge >= 0.3 is 0 Å². The van der Waals surface area contributed by atoms with Crippen molar-refractivity contribution in [2.45, 2.75) is 32.2 Å². The van der Waals surface area contributed by atoms with E-state index < -0.39 is 0 Å². The highest BCUT2D eigenvalue weighted by Crippen LogP contribution is 2.39. The van der Waals surface area contributed by atoms with Crippen LogP contribution in [0.4, 0.5) is 27.8 Å². The molecule has 8 heteroatoms. The summed E-state index contributed by atoms with van der Waals surface area (Å²) in [7, 11) is 0. The van der Waals surface area contributed by atoms with E-state index in [9.17, 15) is 4.39 Å². The Morgan fingerprint density at radius 2 is 1.96 bits per heavy atom. The van der Waals surface area contributed by atoms with Crippen LogP contribution in [0.3, 0.4) is 0 Å². The fourth-order valence-corrected chi connectivity index (χ4v) is 2.74. The second-order valence-corrected chi connectivity index (χ2v) is 6.55. The molecule has 1 saturated carbocycles. The Balaban J connectivity index is 1.46. The minimum atomic E-state index is -0.248. The second-order valence-electron chi connectivity index (χ2n) is 6.55. The van der Waals surface area contributed by atoms with Gasteiger partial charge in [-0.2, -0.15) is 15.1 Å². The van der Waals surface area contributed by atoms with Crippen LogP contribution in [-0.2, 0) is 6.54 Å². The lowest BCUT2D eigenvalue weighted by Gasteiger charge is -2.10. The van der Waals surface area contributed by atoms with Crippen LogP contribution in [0, 0.1) is 12.7 Å². The molecular weight excluding hydrogens is 333 g/mol. The fraction of sp³-hybridized carbons (Fsp3) is 0.278. The van der Waals surface area contributed by atoms with Gasteiger partial charge in [-0.25, -0.2) is 4.39 Å². The SMILES string of the molecule is Cc1ccc(CNc2cc(Nc3cc(C4CC4)[nH]n3)nc(N)n2)c(F)c1. The first-order valence-corrected chi connectivity index (χ1v) is 8.52. The first-order chi connectivity index (χ1) is 12.6. The van der Waals surface area contributed by atoms with Gasteiger partial charge in [-0.05, 0) is 31.4 Å². The molecule has 0 amide bonds. The highest BCUT2D eigenvalue weighted by atomic mass is 19.1. The van der Waals surface area contributed by atoms with Crippen molar-refractivity contribution in [3.05, 3.63) is 53.0 Å². The molecule has 0 atom stereocenters. The Labute approximate surface area is 150 Å². The van der Waals surface area contributed by atoms with Crippen LogP contribution >= 0.6 is 0 Å². The summed E-state index contributed by atoms with van der Waals surface area (Å²) < 4.78 is 14.0. The number of nitrogens with zero attached hydrogens (tertiary/aromatic N) is 3. The van der Waals surface area contributed by atoms with Gasteiger partial charge in [0.15, 0.2) is 5.82 Å². The fourth-order valence-electron chi connectivity index (χ4n) is 2.74. The summed E-state index contributed by atoms with van der Waals surface area (Å²) in [5.41, 5.74) is 8.36. The molecule has 1 aromatic carbocycles. The summed E-state index contributed by atoms with van der Waals surface area (Å²) in [5, 5.41) is 13.5. The Bertz CT molecular complexity index is 933. The van der Waals surface area contributed by atoms with Gasteiger partial charge in [-0.1, -0.05) is 12.1 Å². The van der Waals surface area contributed by atoms with E-state index in [-0.39, 0.29) is 11.8 Å². The number of nitrogens with two attached hydrogens (primary N) is 1. The summed E-state index contributed by atoms with van der Waals surface area (Å²) in [4.78, 5) is 8.32. The molecule has 0 radical (unpaired) electrons. The molecule has 5 N–H and O–H groups in total. The monoisotopic (exact) mass is 353 g/mol. The number of hydrogen-bond donors (Lipinski definition) is 4. The average Bonchev–Trinajstić information content (AvgIpc) is 3.34. The van der Waals surface area contributed by atoms with Gasteiger partial charge in [-0.3, -0.25) is 5.10 Å². The van der Waals surface area contributed by atoms with Crippen LogP contribution in [0.1, 0.15) is 35.6 Å². The predicted molar refractivity (Wildman–Crippen MR) is 98.8 cm³/mol. The minimum Gasteiger partial charge on any atom is -0.368 e. The van der Waals surface area contributed by atoms with Gasteiger partial charge in [-0.15, -0.1) is 0 Å². The lowest BCUT2D eigenvalue weighted by atomic mass is 10.1. The van der Waals surface area contributed by atoms with Crippen molar-refractivity contribution in [2.24, 2.45) is 0 Å². The third kappa shape index (κ3) is 3.74. The molecule has 0 saturated heterocycles. The number of halogens is 1. The maximum absolute atomic E-state index is 14.0. The van der Waals surface area contributed by atoms with Crippen molar-refractivity contribution in [2.75, 3.05) is 16.4 Å². The van der Waals surface area contributed by atoms with Crippen molar-refractivity contribution in [1.29, 1.82) is 0 Å². The van der Waals surface area contributed by atoms with Crippen LogP contribution in [0.5, 0.6) is 0 Å². The largest absolute Gasteiger partial charge is 0.368 e. The quantitative estimate of drug-likeness (QED) is 0.541. The van der Waals surface area contributed by atoms with Crippen LogP contribution < -0.4 is 16.4 Å². The summed E-state index contributed by atoms with van der Waals surface area (Å²) in [6.07, 6.45) is 2.40. The van der Waals surface area contributed by atoms with E-state index in [2.05, 4.69) is 30.8 Å². The van der Waals surface area contributed by atoms with Crippen molar-refractivity contribution in [3.8, 4) is 0 Å². The van der Waals surface area contributed by atoms with E-state index in [1.165, 1.54) is 18.9 Å². The summed E-state index contributed by atoms with van der Waals surface area (Å²) >= 11 is 0. The van der Waals surface area contributed by atoms with Crippen LogP contribution in [0.2, 0.25) is 0 Å². The van der Waals surface area contributed by atoms with Crippen molar-refractivity contribution >= 4 is 23.4 Å². The molecule has 26 heavy (non-hydrogen) atoms. The molecule has 134 valence electrons. The number of benzene rings is 1. The molecule has 0 unspecified atom stereocenters. The maximum Gasteiger partial charge on any atom is 0.223 e. The van der Waals surface area contributed by atoms with Crippen molar-refractivity contribution < 1.29 is 4.39 Å². The van der Waals surface area contributed by atoms with E-state index >= 15 is 0 Å². The number of H-pyrrole nitrogens is 1. The van der Waals surface area contributed by atoms with E-state index in [0.717, 1.165) is 11.3 Å². The minimum absolute atomic E-state index is 0.125. The highest BCUT2D eigenvalue weighted by Gasteiger charge is 2.25. The van der Waals surface area contributed by atoms with Gasteiger partial charge in [0.1, 0.15) is 17.5 Å². The van der Waals surface area contributed by atoms with Gasteiger partial charge in [0, 0.05) is 35.9 Å². The molecule has 0 bridgehead atoms. The zero-order valence-corrected chi connectivity index (χ0v) is 14.4. The number of rotatable bonds is 6. The molecule has 0 aliphatic heterocycles. The van der Waals surface area contributed by atoms with Crippen LogP contribution in [-0.4, -0.2) is 20.2 Å². The summed E-state index contributed by atoms with van der Waals surface area (Å²) in [6.45, 7) is 2.16. The number of hydrogen-bond acceptors (Lipinski definition) is 6. The number of nitrogens with one attached hydrogen (secondary N) is 3. The number of nitrogen functional groups attached to an aromatic ring is 1. The van der Waals surface area contributed by atoms with Gasteiger partial charge in [0.25, 0.3) is 0 Å². The number of aromatic nitrogens is 4.